The van der Waals surface area contributed by atoms with Crippen LogP contribution in [-0.4, -0.2) is 11.7 Å². The highest BCUT2D eigenvalue weighted by Gasteiger charge is 2.36. The number of nitrogens with one attached hydrogen (secondary N) is 1. The minimum atomic E-state index is 0.196. The van der Waals surface area contributed by atoms with Gasteiger partial charge in [0.1, 0.15) is 11.5 Å². The van der Waals surface area contributed by atoms with Gasteiger partial charge in [-0.15, -0.1) is 0 Å². The molecule has 1 aliphatic carbocycles. The fraction of sp³-hybridized carbons (Fsp3) is 0.412. The van der Waals surface area contributed by atoms with E-state index < -0.39 is 0 Å². The molecule has 20 heavy (non-hydrogen) atoms. The van der Waals surface area contributed by atoms with Gasteiger partial charge in [0, 0.05) is 18.2 Å². The molecular formula is C17H21NO2. The molecule has 0 spiro atoms. The fourth-order valence-corrected chi connectivity index (χ4v) is 2.51. The molecule has 0 saturated heterocycles. The molecular weight excluding hydrogens is 250 g/mol. The molecule has 1 heterocycles. The van der Waals surface area contributed by atoms with Crippen LogP contribution in [0.2, 0.25) is 0 Å². The van der Waals surface area contributed by atoms with Gasteiger partial charge < -0.3 is 14.8 Å². The van der Waals surface area contributed by atoms with Crippen molar-refractivity contribution in [1.29, 1.82) is 0 Å². The molecule has 2 aromatic rings. The number of hydrogen-bond donors (Lipinski definition) is 2. The summed E-state index contributed by atoms with van der Waals surface area (Å²) in [5, 5.41) is 12.2. The Morgan fingerprint density at radius 1 is 1.20 bits per heavy atom. The van der Waals surface area contributed by atoms with Gasteiger partial charge in [-0.1, -0.05) is 19.1 Å². The lowest BCUT2D eigenvalue weighted by Crippen LogP contribution is -1.98. The second kappa shape index (κ2) is 5.71. The van der Waals surface area contributed by atoms with Gasteiger partial charge in [0.25, 0.3) is 0 Å². The summed E-state index contributed by atoms with van der Waals surface area (Å²) in [5.74, 6) is 3.54. The summed E-state index contributed by atoms with van der Waals surface area (Å²) in [7, 11) is 0. The minimum absolute atomic E-state index is 0.196. The molecule has 0 unspecified atom stereocenters. The third-order valence-corrected chi connectivity index (χ3v) is 3.98. The number of aliphatic hydroxyl groups excluding tert-OH is 1. The first-order valence-corrected chi connectivity index (χ1v) is 7.28. The number of furan rings is 1. The summed E-state index contributed by atoms with van der Waals surface area (Å²) in [6.45, 7) is 3.17. The summed E-state index contributed by atoms with van der Waals surface area (Å²) in [6, 6.07) is 12.3. The zero-order valence-electron chi connectivity index (χ0n) is 11.8. The average Bonchev–Trinajstić information content (AvgIpc) is 3.01. The van der Waals surface area contributed by atoms with Crippen LogP contribution in [-0.2, 0) is 13.0 Å². The molecule has 106 valence electrons. The Bertz CT molecular complexity index is 559. The maximum Gasteiger partial charge on any atom is 0.123 e. The van der Waals surface area contributed by atoms with Crippen molar-refractivity contribution in [1.82, 2.24) is 0 Å². The molecule has 1 fully saturated rings. The molecule has 0 bridgehead atoms. The number of anilines is 1. The molecule has 0 amide bonds. The Kier molecular flexibility index (Phi) is 3.79. The van der Waals surface area contributed by atoms with Crippen molar-refractivity contribution in [2.75, 3.05) is 11.9 Å². The first kappa shape index (κ1) is 13.3. The predicted octanol–water partition coefficient (Wildman–Crippen LogP) is 3.55. The Hall–Kier alpha value is -1.74. The minimum Gasteiger partial charge on any atom is -0.464 e. The van der Waals surface area contributed by atoms with Crippen LogP contribution in [0.25, 0.3) is 0 Å². The van der Waals surface area contributed by atoms with E-state index in [9.17, 15) is 0 Å². The van der Waals surface area contributed by atoms with Gasteiger partial charge >= 0.3 is 0 Å². The standard InChI is InChI=1S/C17H21NO2/c1-12-10-16(12)17-7-6-15(20-17)11-18-14-4-2-13(3-5-14)8-9-19/h2-7,12,16,18-19H,8-11H2,1H3/t12-,16-/m1/s1. The lowest BCUT2D eigenvalue weighted by Gasteiger charge is -2.05. The lowest BCUT2D eigenvalue weighted by molar-refractivity contribution is 0.299. The van der Waals surface area contributed by atoms with Crippen LogP contribution in [0.15, 0.2) is 40.8 Å². The van der Waals surface area contributed by atoms with Crippen LogP contribution in [0.1, 0.15) is 36.3 Å². The van der Waals surface area contributed by atoms with Crippen molar-refractivity contribution < 1.29 is 9.52 Å². The largest absolute Gasteiger partial charge is 0.464 e. The second-order valence-electron chi connectivity index (χ2n) is 5.65. The first-order chi connectivity index (χ1) is 9.76. The normalized spacial score (nSPS) is 20.9. The lowest BCUT2D eigenvalue weighted by atomic mass is 10.1. The summed E-state index contributed by atoms with van der Waals surface area (Å²) in [5.41, 5.74) is 2.23. The van der Waals surface area contributed by atoms with Crippen molar-refractivity contribution in [2.45, 2.75) is 32.2 Å². The monoisotopic (exact) mass is 271 g/mol. The molecule has 0 aliphatic heterocycles. The summed E-state index contributed by atoms with van der Waals surface area (Å²) >= 11 is 0. The first-order valence-electron chi connectivity index (χ1n) is 7.28. The molecule has 1 saturated carbocycles. The van der Waals surface area contributed by atoms with Crippen molar-refractivity contribution in [3.8, 4) is 0 Å². The van der Waals surface area contributed by atoms with Gasteiger partial charge in [-0.3, -0.25) is 0 Å². The van der Waals surface area contributed by atoms with Gasteiger partial charge in [-0.25, -0.2) is 0 Å². The van der Waals surface area contributed by atoms with Crippen LogP contribution in [0.4, 0.5) is 5.69 Å². The van der Waals surface area contributed by atoms with Crippen molar-refractivity contribution in [2.24, 2.45) is 5.92 Å². The Morgan fingerprint density at radius 2 is 1.95 bits per heavy atom. The predicted molar refractivity (Wildman–Crippen MR) is 79.8 cm³/mol. The van der Waals surface area contributed by atoms with Crippen LogP contribution in [0, 0.1) is 5.92 Å². The van der Waals surface area contributed by atoms with E-state index >= 15 is 0 Å². The van der Waals surface area contributed by atoms with Crippen LogP contribution >= 0.6 is 0 Å². The fourth-order valence-electron chi connectivity index (χ4n) is 2.51. The van der Waals surface area contributed by atoms with Gasteiger partial charge in [0.15, 0.2) is 0 Å². The van der Waals surface area contributed by atoms with Crippen LogP contribution in [0.5, 0.6) is 0 Å². The van der Waals surface area contributed by atoms with Gasteiger partial charge in [0.05, 0.1) is 6.54 Å². The zero-order chi connectivity index (χ0) is 13.9. The topological polar surface area (TPSA) is 45.4 Å². The summed E-state index contributed by atoms with van der Waals surface area (Å²) < 4.78 is 5.87. The molecule has 2 atom stereocenters. The highest BCUT2D eigenvalue weighted by atomic mass is 16.3. The van der Waals surface area contributed by atoms with E-state index in [0.717, 1.165) is 28.7 Å². The van der Waals surface area contributed by atoms with E-state index in [0.29, 0.717) is 18.9 Å². The third-order valence-electron chi connectivity index (χ3n) is 3.98. The van der Waals surface area contributed by atoms with Gasteiger partial charge in [0.2, 0.25) is 0 Å². The summed E-state index contributed by atoms with van der Waals surface area (Å²) in [4.78, 5) is 0. The van der Waals surface area contributed by atoms with Crippen molar-refractivity contribution in [3.63, 3.8) is 0 Å². The molecule has 3 rings (SSSR count). The molecule has 3 heteroatoms. The zero-order valence-corrected chi connectivity index (χ0v) is 11.8. The highest BCUT2D eigenvalue weighted by molar-refractivity contribution is 5.44. The van der Waals surface area contributed by atoms with Gasteiger partial charge in [-0.2, -0.15) is 0 Å². The molecule has 0 radical (unpaired) electrons. The average molecular weight is 271 g/mol. The van der Waals surface area contributed by atoms with Crippen LogP contribution < -0.4 is 5.32 Å². The smallest absolute Gasteiger partial charge is 0.123 e. The van der Waals surface area contributed by atoms with E-state index in [4.69, 9.17) is 9.52 Å². The van der Waals surface area contributed by atoms with E-state index in [-0.39, 0.29) is 6.61 Å². The third kappa shape index (κ3) is 3.05. The number of benzene rings is 1. The highest BCUT2D eigenvalue weighted by Crippen LogP contribution is 2.47. The Labute approximate surface area is 119 Å². The van der Waals surface area contributed by atoms with E-state index in [1.54, 1.807) is 0 Å². The van der Waals surface area contributed by atoms with E-state index in [2.05, 4.69) is 24.4 Å². The number of aliphatic hydroxyl groups is 1. The summed E-state index contributed by atoms with van der Waals surface area (Å²) in [6.07, 6.45) is 1.97. The maximum absolute atomic E-state index is 8.88. The van der Waals surface area contributed by atoms with Crippen LogP contribution in [0.3, 0.4) is 0 Å². The number of rotatable bonds is 6. The second-order valence-corrected chi connectivity index (χ2v) is 5.65. The SMILES string of the molecule is C[C@@H]1C[C@H]1c1ccc(CNc2ccc(CCO)cc2)o1. The molecule has 1 aliphatic rings. The van der Waals surface area contributed by atoms with Crippen molar-refractivity contribution in [3.05, 3.63) is 53.5 Å². The number of hydrogen-bond acceptors (Lipinski definition) is 3. The molecule has 1 aromatic heterocycles. The Morgan fingerprint density at radius 3 is 2.60 bits per heavy atom. The van der Waals surface area contributed by atoms with E-state index in [1.807, 2.05) is 24.3 Å². The molecule has 1 aromatic carbocycles. The van der Waals surface area contributed by atoms with E-state index in [1.165, 1.54) is 6.42 Å². The maximum atomic E-state index is 8.88. The molecule has 3 nitrogen and oxygen atoms in total. The molecule has 2 N–H and O–H groups in total. The quantitative estimate of drug-likeness (QED) is 0.844. The Balaban J connectivity index is 1.54. The van der Waals surface area contributed by atoms with Crippen molar-refractivity contribution >= 4 is 5.69 Å². The van der Waals surface area contributed by atoms with Gasteiger partial charge in [-0.05, 0) is 48.6 Å².